The smallest absolute Gasteiger partial charge is 0.354 e. The molecular formula is C13H11ClN2O3S. The molecule has 20 heavy (non-hydrogen) atoms. The minimum absolute atomic E-state index is 0.163. The van der Waals surface area contributed by atoms with Crippen molar-refractivity contribution in [1.82, 2.24) is 10.3 Å². The average molecular weight is 311 g/mol. The molecule has 0 aliphatic rings. The molecular weight excluding hydrogens is 300 g/mol. The number of carbonyl (C=O) groups is 2. The number of nitrogens with zero attached hydrogens (tertiary/aromatic N) is 1. The van der Waals surface area contributed by atoms with E-state index < -0.39 is 5.97 Å². The molecule has 0 aromatic carbocycles. The summed E-state index contributed by atoms with van der Waals surface area (Å²) in [6.07, 6.45) is 1.30. The van der Waals surface area contributed by atoms with Gasteiger partial charge in [-0.3, -0.25) is 4.79 Å². The maximum Gasteiger partial charge on any atom is 0.354 e. The Morgan fingerprint density at radius 1 is 1.40 bits per heavy atom. The van der Waals surface area contributed by atoms with Gasteiger partial charge in [0.1, 0.15) is 5.69 Å². The van der Waals surface area contributed by atoms with Crippen LogP contribution in [0, 0.1) is 0 Å². The van der Waals surface area contributed by atoms with Crippen molar-refractivity contribution in [3.05, 3.63) is 50.9 Å². The molecule has 2 heterocycles. The predicted molar refractivity (Wildman–Crippen MR) is 76.4 cm³/mol. The van der Waals surface area contributed by atoms with Crippen molar-refractivity contribution in [2.75, 3.05) is 0 Å². The van der Waals surface area contributed by atoms with Gasteiger partial charge in [0, 0.05) is 16.6 Å². The summed E-state index contributed by atoms with van der Waals surface area (Å²) in [7, 11) is 0. The first-order valence-corrected chi connectivity index (χ1v) is 6.92. The number of pyridine rings is 1. The molecule has 0 fully saturated rings. The van der Waals surface area contributed by atoms with E-state index in [9.17, 15) is 9.59 Å². The van der Waals surface area contributed by atoms with Gasteiger partial charge in [0.15, 0.2) is 0 Å². The molecule has 0 saturated carbocycles. The van der Waals surface area contributed by atoms with Crippen molar-refractivity contribution in [3.8, 4) is 0 Å². The second-order valence-corrected chi connectivity index (χ2v) is 5.82. The summed E-state index contributed by atoms with van der Waals surface area (Å²) >= 11 is 7.23. The van der Waals surface area contributed by atoms with Crippen molar-refractivity contribution in [2.45, 2.75) is 13.0 Å². The zero-order valence-electron chi connectivity index (χ0n) is 10.5. The van der Waals surface area contributed by atoms with Crippen LogP contribution in [0.3, 0.4) is 0 Å². The summed E-state index contributed by atoms with van der Waals surface area (Å²) in [4.78, 5) is 27.5. The molecule has 0 spiro atoms. The number of aromatic nitrogens is 1. The lowest BCUT2D eigenvalue weighted by atomic mass is 10.2. The van der Waals surface area contributed by atoms with Crippen molar-refractivity contribution >= 4 is 34.8 Å². The van der Waals surface area contributed by atoms with Crippen LogP contribution < -0.4 is 5.32 Å². The Hall–Kier alpha value is -1.92. The van der Waals surface area contributed by atoms with E-state index in [0.717, 1.165) is 4.88 Å². The average Bonchev–Trinajstić information content (AvgIpc) is 2.85. The summed E-state index contributed by atoms with van der Waals surface area (Å²) in [5, 5.41) is 11.6. The van der Waals surface area contributed by atoms with Crippen LogP contribution in [0.15, 0.2) is 30.5 Å². The van der Waals surface area contributed by atoms with Gasteiger partial charge in [-0.1, -0.05) is 11.6 Å². The number of amides is 1. The van der Waals surface area contributed by atoms with Crippen molar-refractivity contribution in [2.24, 2.45) is 0 Å². The molecule has 1 atom stereocenters. The summed E-state index contributed by atoms with van der Waals surface area (Å²) in [6.45, 7) is 1.83. The van der Waals surface area contributed by atoms with Crippen LogP contribution in [0.1, 0.15) is 38.7 Å². The third-order valence-corrected chi connectivity index (χ3v) is 4.02. The quantitative estimate of drug-likeness (QED) is 0.910. The van der Waals surface area contributed by atoms with Gasteiger partial charge in [-0.2, -0.15) is 0 Å². The summed E-state index contributed by atoms with van der Waals surface area (Å²) in [5.74, 6) is -1.52. The van der Waals surface area contributed by atoms with Crippen LogP contribution in [-0.2, 0) is 0 Å². The number of hydrogen-bond donors (Lipinski definition) is 2. The second kappa shape index (κ2) is 6.02. The standard InChI is InChI=1S/C13H11ClN2O3S/c1-7(10-2-3-11(14)20-10)16-12(17)8-4-5-15-9(6-8)13(18)19/h2-7H,1H3,(H,16,17)(H,18,19). The molecule has 0 bridgehead atoms. The minimum atomic E-state index is -1.17. The zero-order valence-corrected chi connectivity index (χ0v) is 12.0. The highest BCUT2D eigenvalue weighted by Crippen LogP contribution is 2.26. The highest BCUT2D eigenvalue weighted by Gasteiger charge is 2.15. The van der Waals surface area contributed by atoms with Crippen LogP contribution in [-0.4, -0.2) is 22.0 Å². The maximum absolute atomic E-state index is 12.0. The summed E-state index contributed by atoms with van der Waals surface area (Å²) < 4.78 is 0.651. The minimum Gasteiger partial charge on any atom is -0.477 e. The Kier molecular flexibility index (Phi) is 4.36. The fourth-order valence-corrected chi connectivity index (χ4v) is 2.66. The van der Waals surface area contributed by atoms with Crippen molar-refractivity contribution in [3.63, 3.8) is 0 Å². The monoisotopic (exact) mass is 310 g/mol. The lowest BCUT2D eigenvalue weighted by molar-refractivity contribution is 0.0690. The molecule has 104 valence electrons. The van der Waals surface area contributed by atoms with Crippen LogP contribution in [0.25, 0.3) is 0 Å². The Labute approximate surface area is 124 Å². The number of carboxylic acid groups (broad SMARTS) is 1. The molecule has 1 amide bonds. The number of aromatic carboxylic acids is 1. The Bertz CT molecular complexity index is 657. The van der Waals surface area contributed by atoms with Crippen molar-refractivity contribution in [1.29, 1.82) is 0 Å². The van der Waals surface area contributed by atoms with Gasteiger partial charge < -0.3 is 10.4 Å². The topological polar surface area (TPSA) is 79.3 Å². The molecule has 2 aromatic heterocycles. The normalized spacial score (nSPS) is 11.9. The SMILES string of the molecule is CC(NC(=O)c1ccnc(C(=O)O)c1)c1ccc(Cl)s1. The molecule has 2 rings (SSSR count). The molecule has 0 saturated heterocycles. The Morgan fingerprint density at radius 2 is 2.15 bits per heavy atom. The van der Waals surface area contributed by atoms with E-state index in [1.54, 1.807) is 6.07 Å². The molecule has 0 radical (unpaired) electrons. The van der Waals surface area contributed by atoms with Gasteiger partial charge in [0.05, 0.1) is 10.4 Å². The first-order chi connectivity index (χ1) is 9.47. The van der Waals surface area contributed by atoms with Crippen LogP contribution in [0.5, 0.6) is 0 Å². The van der Waals surface area contributed by atoms with Crippen LogP contribution in [0.2, 0.25) is 4.34 Å². The Morgan fingerprint density at radius 3 is 2.75 bits per heavy atom. The molecule has 7 heteroatoms. The molecule has 5 nitrogen and oxygen atoms in total. The van der Waals surface area contributed by atoms with E-state index in [-0.39, 0.29) is 23.2 Å². The second-order valence-electron chi connectivity index (χ2n) is 4.07. The van der Waals surface area contributed by atoms with E-state index in [1.807, 2.05) is 13.0 Å². The molecule has 1 unspecified atom stereocenters. The number of thiophene rings is 1. The molecule has 0 aliphatic heterocycles. The van der Waals surface area contributed by atoms with E-state index in [2.05, 4.69) is 10.3 Å². The van der Waals surface area contributed by atoms with Gasteiger partial charge >= 0.3 is 5.97 Å². The first kappa shape index (κ1) is 14.5. The third-order valence-electron chi connectivity index (χ3n) is 2.61. The fraction of sp³-hybridized carbons (Fsp3) is 0.154. The summed E-state index contributed by atoms with van der Waals surface area (Å²) in [5.41, 5.74) is 0.0939. The summed E-state index contributed by atoms with van der Waals surface area (Å²) in [6, 6.07) is 6.11. The molecule has 2 aromatic rings. The predicted octanol–water partition coefficient (Wildman–Crippen LogP) is 2.99. The fourth-order valence-electron chi connectivity index (χ4n) is 1.60. The number of halogens is 1. The number of carboxylic acids is 1. The van der Waals surface area contributed by atoms with Crippen molar-refractivity contribution < 1.29 is 14.7 Å². The first-order valence-electron chi connectivity index (χ1n) is 5.73. The van der Waals surface area contributed by atoms with Gasteiger partial charge in [-0.05, 0) is 31.2 Å². The molecule has 2 N–H and O–H groups in total. The van der Waals surface area contributed by atoms with Gasteiger partial charge in [-0.25, -0.2) is 9.78 Å². The number of carbonyl (C=O) groups excluding carboxylic acids is 1. The highest BCUT2D eigenvalue weighted by molar-refractivity contribution is 7.16. The Balaban J connectivity index is 2.12. The number of hydrogen-bond acceptors (Lipinski definition) is 4. The molecule has 0 aliphatic carbocycles. The van der Waals surface area contributed by atoms with E-state index in [0.29, 0.717) is 4.34 Å². The van der Waals surface area contributed by atoms with Gasteiger partial charge in [0.2, 0.25) is 0 Å². The largest absolute Gasteiger partial charge is 0.477 e. The highest BCUT2D eigenvalue weighted by atomic mass is 35.5. The third kappa shape index (κ3) is 3.34. The lowest BCUT2D eigenvalue weighted by Gasteiger charge is -2.12. The lowest BCUT2D eigenvalue weighted by Crippen LogP contribution is -2.26. The van der Waals surface area contributed by atoms with Gasteiger partial charge in [0.25, 0.3) is 5.91 Å². The van der Waals surface area contributed by atoms with Crippen LogP contribution in [0.4, 0.5) is 0 Å². The zero-order chi connectivity index (χ0) is 14.7. The number of nitrogens with one attached hydrogen (secondary N) is 1. The number of rotatable bonds is 4. The van der Waals surface area contributed by atoms with Gasteiger partial charge in [-0.15, -0.1) is 11.3 Å². The van der Waals surface area contributed by atoms with E-state index >= 15 is 0 Å². The van der Waals surface area contributed by atoms with E-state index in [1.165, 1.54) is 29.7 Å². The van der Waals surface area contributed by atoms with E-state index in [4.69, 9.17) is 16.7 Å². The maximum atomic E-state index is 12.0. The van der Waals surface area contributed by atoms with Crippen LogP contribution >= 0.6 is 22.9 Å².